The lowest BCUT2D eigenvalue weighted by atomic mass is 10.1. The Hall–Kier alpha value is -1.55. The molecule has 0 amide bonds. The average Bonchev–Trinajstić information content (AvgIpc) is 2.84. The fourth-order valence-corrected chi connectivity index (χ4v) is 2.03. The minimum atomic E-state index is 0.286. The number of benzene rings is 1. The van der Waals surface area contributed by atoms with Crippen molar-refractivity contribution in [1.29, 1.82) is 0 Å². The third-order valence-electron chi connectivity index (χ3n) is 3.00. The van der Waals surface area contributed by atoms with Crippen molar-refractivity contribution in [3.8, 4) is 5.75 Å². The third-order valence-corrected chi connectivity index (χ3v) is 3.00. The Morgan fingerprint density at radius 3 is 3.17 bits per heavy atom. The molecule has 98 valence electrons. The molecule has 4 heteroatoms. The van der Waals surface area contributed by atoms with Gasteiger partial charge in [0.25, 0.3) is 0 Å². The van der Waals surface area contributed by atoms with Crippen LogP contribution in [0.5, 0.6) is 5.75 Å². The van der Waals surface area contributed by atoms with Crippen LogP contribution in [0.2, 0.25) is 0 Å². The standard InChI is InChI=1S/C14H20N2O2/c1-17-13-6-2-4-11(8-13)9-14-16-12(10-18-14)5-3-7-15/h2,4,6,8,12H,3,5,7,9-10,15H2,1H3. The van der Waals surface area contributed by atoms with E-state index in [9.17, 15) is 0 Å². The first-order valence-electron chi connectivity index (χ1n) is 6.34. The predicted molar refractivity (Wildman–Crippen MR) is 72.2 cm³/mol. The predicted octanol–water partition coefficient (Wildman–Crippen LogP) is 1.77. The smallest absolute Gasteiger partial charge is 0.188 e. The third kappa shape index (κ3) is 3.47. The Morgan fingerprint density at radius 2 is 2.39 bits per heavy atom. The normalized spacial score (nSPS) is 18.3. The van der Waals surface area contributed by atoms with Gasteiger partial charge in [0.05, 0.1) is 13.2 Å². The van der Waals surface area contributed by atoms with Crippen LogP contribution in [0.1, 0.15) is 18.4 Å². The molecule has 0 saturated carbocycles. The minimum Gasteiger partial charge on any atom is -0.497 e. The molecule has 1 aromatic rings. The molecule has 0 spiro atoms. The largest absolute Gasteiger partial charge is 0.497 e. The van der Waals surface area contributed by atoms with Gasteiger partial charge in [-0.25, -0.2) is 4.99 Å². The van der Waals surface area contributed by atoms with Crippen LogP contribution in [0.4, 0.5) is 0 Å². The summed E-state index contributed by atoms with van der Waals surface area (Å²) in [6.07, 6.45) is 2.75. The molecule has 18 heavy (non-hydrogen) atoms. The molecule has 1 aromatic carbocycles. The van der Waals surface area contributed by atoms with Crippen LogP contribution < -0.4 is 10.5 Å². The number of hydrogen-bond donors (Lipinski definition) is 1. The maximum atomic E-state index is 5.61. The second kappa shape index (κ2) is 6.40. The molecule has 0 fully saturated rings. The van der Waals surface area contributed by atoms with E-state index in [0.29, 0.717) is 6.61 Å². The summed E-state index contributed by atoms with van der Waals surface area (Å²) < 4.78 is 10.8. The molecule has 2 rings (SSSR count). The lowest BCUT2D eigenvalue weighted by Crippen LogP contribution is -2.09. The molecule has 0 aromatic heterocycles. The number of ether oxygens (including phenoxy) is 2. The highest BCUT2D eigenvalue weighted by Gasteiger charge is 2.18. The van der Waals surface area contributed by atoms with Gasteiger partial charge in [0, 0.05) is 6.42 Å². The fraction of sp³-hybridized carbons (Fsp3) is 0.500. The zero-order chi connectivity index (χ0) is 12.8. The summed E-state index contributed by atoms with van der Waals surface area (Å²) in [5, 5.41) is 0. The van der Waals surface area contributed by atoms with Crippen LogP contribution in [-0.2, 0) is 11.2 Å². The molecule has 1 atom stereocenters. The maximum absolute atomic E-state index is 5.61. The van der Waals surface area contributed by atoms with Crippen molar-refractivity contribution >= 4 is 5.90 Å². The molecule has 1 heterocycles. The Labute approximate surface area is 108 Å². The Balaban J connectivity index is 1.93. The van der Waals surface area contributed by atoms with Gasteiger partial charge in [0.2, 0.25) is 0 Å². The molecule has 1 aliphatic heterocycles. The van der Waals surface area contributed by atoms with Gasteiger partial charge in [-0.3, -0.25) is 0 Å². The summed E-state index contributed by atoms with van der Waals surface area (Å²) in [5.41, 5.74) is 6.65. The molecular formula is C14H20N2O2. The number of nitrogens with zero attached hydrogens (tertiary/aromatic N) is 1. The van der Waals surface area contributed by atoms with Gasteiger partial charge in [-0.15, -0.1) is 0 Å². The van der Waals surface area contributed by atoms with Gasteiger partial charge in [0.15, 0.2) is 5.90 Å². The molecule has 4 nitrogen and oxygen atoms in total. The van der Waals surface area contributed by atoms with E-state index in [1.807, 2.05) is 18.2 Å². The molecule has 0 radical (unpaired) electrons. The van der Waals surface area contributed by atoms with Crippen LogP contribution in [0.15, 0.2) is 29.3 Å². The quantitative estimate of drug-likeness (QED) is 0.834. The van der Waals surface area contributed by atoms with Gasteiger partial charge in [-0.1, -0.05) is 12.1 Å². The van der Waals surface area contributed by atoms with Gasteiger partial charge in [0.1, 0.15) is 12.4 Å². The second-order valence-electron chi connectivity index (χ2n) is 4.45. The number of rotatable bonds is 6. The molecule has 1 unspecified atom stereocenters. The molecule has 0 bridgehead atoms. The van der Waals surface area contributed by atoms with Crippen molar-refractivity contribution in [1.82, 2.24) is 0 Å². The number of nitrogens with two attached hydrogens (primary N) is 1. The van der Waals surface area contributed by atoms with Gasteiger partial charge in [-0.05, 0) is 37.1 Å². The van der Waals surface area contributed by atoms with Gasteiger partial charge in [-0.2, -0.15) is 0 Å². The van der Waals surface area contributed by atoms with Crippen molar-refractivity contribution in [2.45, 2.75) is 25.3 Å². The summed E-state index contributed by atoms with van der Waals surface area (Å²) in [4.78, 5) is 4.57. The highest BCUT2D eigenvalue weighted by atomic mass is 16.5. The summed E-state index contributed by atoms with van der Waals surface area (Å²) in [7, 11) is 1.67. The molecule has 2 N–H and O–H groups in total. The van der Waals surface area contributed by atoms with Crippen LogP contribution in [0, 0.1) is 0 Å². The highest BCUT2D eigenvalue weighted by Crippen LogP contribution is 2.17. The highest BCUT2D eigenvalue weighted by molar-refractivity contribution is 5.80. The first-order valence-corrected chi connectivity index (χ1v) is 6.34. The van der Waals surface area contributed by atoms with Crippen LogP contribution in [0.25, 0.3) is 0 Å². The van der Waals surface area contributed by atoms with E-state index in [0.717, 1.165) is 43.0 Å². The van der Waals surface area contributed by atoms with E-state index in [2.05, 4.69) is 11.1 Å². The number of methoxy groups -OCH3 is 1. The van der Waals surface area contributed by atoms with E-state index in [-0.39, 0.29) is 6.04 Å². The monoisotopic (exact) mass is 248 g/mol. The van der Waals surface area contributed by atoms with Crippen molar-refractivity contribution < 1.29 is 9.47 Å². The lowest BCUT2D eigenvalue weighted by Gasteiger charge is -2.04. The Morgan fingerprint density at radius 1 is 1.50 bits per heavy atom. The zero-order valence-corrected chi connectivity index (χ0v) is 10.8. The Kier molecular flexibility index (Phi) is 4.59. The SMILES string of the molecule is COc1cccc(CC2=NC(CCCN)CO2)c1. The first-order chi connectivity index (χ1) is 8.81. The topological polar surface area (TPSA) is 56.8 Å². The second-order valence-corrected chi connectivity index (χ2v) is 4.45. The van der Waals surface area contributed by atoms with Gasteiger partial charge < -0.3 is 15.2 Å². The average molecular weight is 248 g/mol. The van der Waals surface area contributed by atoms with Crippen LogP contribution >= 0.6 is 0 Å². The van der Waals surface area contributed by atoms with Crippen molar-refractivity contribution in [3.63, 3.8) is 0 Å². The fourth-order valence-electron chi connectivity index (χ4n) is 2.03. The first kappa shape index (κ1) is 12.9. The maximum Gasteiger partial charge on any atom is 0.188 e. The van der Waals surface area contributed by atoms with E-state index in [1.165, 1.54) is 0 Å². The van der Waals surface area contributed by atoms with Crippen LogP contribution in [0.3, 0.4) is 0 Å². The summed E-state index contributed by atoms with van der Waals surface area (Å²) in [5.74, 6) is 1.69. The summed E-state index contributed by atoms with van der Waals surface area (Å²) in [6.45, 7) is 1.41. The van der Waals surface area contributed by atoms with E-state index in [1.54, 1.807) is 7.11 Å². The van der Waals surface area contributed by atoms with E-state index < -0.39 is 0 Å². The Bertz CT molecular complexity index is 418. The molecule has 1 aliphatic rings. The molecule has 0 aliphatic carbocycles. The molecule has 0 saturated heterocycles. The van der Waals surface area contributed by atoms with E-state index in [4.69, 9.17) is 15.2 Å². The lowest BCUT2D eigenvalue weighted by molar-refractivity contribution is 0.305. The van der Waals surface area contributed by atoms with Crippen molar-refractivity contribution in [2.75, 3.05) is 20.3 Å². The van der Waals surface area contributed by atoms with Crippen molar-refractivity contribution in [3.05, 3.63) is 29.8 Å². The number of aliphatic imine (C=N–C) groups is 1. The minimum absolute atomic E-state index is 0.286. The van der Waals surface area contributed by atoms with Crippen LogP contribution in [-0.4, -0.2) is 32.2 Å². The summed E-state index contributed by atoms with van der Waals surface area (Å²) >= 11 is 0. The van der Waals surface area contributed by atoms with E-state index >= 15 is 0 Å². The van der Waals surface area contributed by atoms with Gasteiger partial charge >= 0.3 is 0 Å². The zero-order valence-electron chi connectivity index (χ0n) is 10.8. The number of hydrogen-bond acceptors (Lipinski definition) is 4. The molecular weight excluding hydrogens is 228 g/mol. The summed E-state index contributed by atoms with van der Waals surface area (Å²) in [6, 6.07) is 8.27. The van der Waals surface area contributed by atoms with Crippen molar-refractivity contribution in [2.24, 2.45) is 10.7 Å².